The molecule has 0 saturated carbocycles. The molecule has 3 aromatic rings. The number of esters is 1. The lowest BCUT2D eigenvalue weighted by Crippen LogP contribution is -2.58. The largest absolute Gasteiger partial charge is 0.714 e. The molecular weight excluding hydrogens is 725 g/mol. The highest BCUT2D eigenvalue weighted by Crippen LogP contribution is 2.38. The van der Waals surface area contributed by atoms with Crippen LogP contribution >= 0.6 is 0 Å². The summed E-state index contributed by atoms with van der Waals surface area (Å²) in [7, 11) is 0. The van der Waals surface area contributed by atoms with Crippen molar-refractivity contribution in [2.75, 3.05) is 19.8 Å². The van der Waals surface area contributed by atoms with E-state index in [4.69, 9.17) is 14.2 Å². The number of carbonyl (C=O) groups is 1. The Kier molecular flexibility index (Phi) is 19.9. The van der Waals surface area contributed by atoms with Gasteiger partial charge in [-0.25, -0.2) is 4.79 Å². The van der Waals surface area contributed by atoms with Crippen molar-refractivity contribution in [3.63, 3.8) is 0 Å². The predicted octanol–water partition coefficient (Wildman–Crippen LogP) is 13.3. The van der Waals surface area contributed by atoms with E-state index in [0.717, 1.165) is 47.8 Å². The van der Waals surface area contributed by atoms with Crippen LogP contribution < -0.4 is 9.47 Å². The Morgan fingerprint density at radius 2 is 0.914 bits per heavy atom. The third-order valence-corrected chi connectivity index (χ3v) is 12.1. The summed E-state index contributed by atoms with van der Waals surface area (Å²) in [5, 5.41) is 28.2. The zero-order valence-electron chi connectivity index (χ0n) is 36.5. The van der Waals surface area contributed by atoms with Crippen LogP contribution in [0.15, 0.2) is 72.8 Å². The number of carbonyl (C=O) groups excluding carboxylic acids is 1. The zero-order valence-corrected chi connectivity index (χ0v) is 36.5. The smallest absolute Gasteiger partial charge is 0.338 e. The topological polar surface area (TPSA) is 94.0 Å². The molecule has 319 valence electrons. The normalized spacial score (nSPS) is 16.2. The second kappa shape index (κ2) is 24.8. The van der Waals surface area contributed by atoms with Crippen LogP contribution in [0, 0.1) is 5.21 Å². The lowest BCUT2D eigenvalue weighted by molar-refractivity contribution is -0.548. The number of unbranched alkanes of at least 4 members (excludes halogenated alkanes) is 18. The Morgan fingerprint density at radius 1 is 0.552 bits per heavy atom. The molecule has 0 unspecified atom stereocenters. The summed E-state index contributed by atoms with van der Waals surface area (Å²) in [6.45, 7) is 10.7. The molecule has 1 aliphatic rings. The Hall–Kier alpha value is -4.04. The number of nitrogens with zero attached hydrogens (tertiary/aromatic N) is 2. The second-order valence-electron chi connectivity index (χ2n) is 17.0. The van der Waals surface area contributed by atoms with E-state index < -0.39 is 17.0 Å². The number of hydrogen-bond acceptors (Lipinski definition) is 6. The molecular formula is C50H73N2O6. The molecule has 0 amide bonds. The molecule has 0 saturated heterocycles. The van der Waals surface area contributed by atoms with E-state index in [9.17, 15) is 15.2 Å². The fourth-order valence-electron chi connectivity index (χ4n) is 7.61. The molecule has 1 heterocycles. The van der Waals surface area contributed by atoms with Gasteiger partial charge in [-0.05, 0) is 93.3 Å². The first-order valence-corrected chi connectivity index (χ1v) is 22.7. The van der Waals surface area contributed by atoms with Crippen LogP contribution in [0.5, 0.6) is 11.5 Å². The van der Waals surface area contributed by atoms with Crippen LogP contribution in [-0.2, 0) is 9.94 Å². The Morgan fingerprint density at radius 3 is 1.33 bits per heavy atom. The third-order valence-electron chi connectivity index (χ3n) is 12.1. The maximum absolute atomic E-state index is 13.9. The summed E-state index contributed by atoms with van der Waals surface area (Å²) < 4.78 is 18.4. The van der Waals surface area contributed by atoms with Crippen LogP contribution in [0.2, 0.25) is 0 Å². The highest BCUT2D eigenvalue weighted by Gasteiger charge is 2.63. The van der Waals surface area contributed by atoms with Gasteiger partial charge in [-0.2, -0.15) is 0 Å². The number of ether oxygens (including phenoxy) is 3. The molecule has 8 nitrogen and oxygen atoms in total. The zero-order chi connectivity index (χ0) is 41.6. The Bertz CT molecular complexity index is 1640. The molecule has 0 aliphatic carbocycles. The van der Waals surface area contributed by atoms with Crippen molar-refractivity contribution in [3.05, 3.63) is 89.1 Å². The molecule has 0 aromatic heterocycles. The molecule has 0 N–H and O–H groups in total. The number of rotatable bonds is 29. The molecule has 4 rings (SSSR count). The first-order chi connectivity index (χ1) is 28.1. The maximum atomic E-state index is 13.9. The lowest BCUT2D eigenvalue weighted by atomic mass is 9.83. The summed E-state index contributed by atoms with van der Waals surface area (Å²) in [6, 6.07) is 22.3. The van der Waals surface area contributed by atoms with Crippen molar-refractivity contribution in [2.45, 2.75) is 174 Å². The molecule has 0 fully saturated rings. The van der Waals surface area contributed by atoms with Crippen molar-refractivity contribution in [1.82, 2.24) is 5.06 Å². The van der Waals surface area contributed by atoms with Crippen molar-refractivity contribution in [3.8, 4) is 22.6 Å². The minimum Gasteiger partial charge on any atom is -0.714 e. The molecule has 58 heavy (non-hydrogen) atoms. The van der Waals surface area contributed by atoms with E-state index in [1.807, 2.05) is 36.4 Å². The molecule has 3 aromatic carbocycles. The molecule has 0 bridgehead atoms. The van der Waals surface area contributed by atoms with Crippen molar-refractivity contribution >= 4 is 11.8 Å². The van der Waals surface area contributed by atoms with E-state index in [0.29, 0.717) is 28.2 Å². The van der Waals surface area contributed by atoms with Crippen molar-refractivity contribution in [2.24, 2.45) is 0 Å². The van der Waals surface area contributed by atoms with Gasteiger partial charge in [0.05, 0.1) is 24.3 Å². The van der Waals surface area contributed by atoms with Crippen molar-refractivity contribution in [1.29, 1.82) is 0 Å². The summed E-state index contributed by atoms with van der Waals surface area (Å²) in [6.07, 6.45) is 25.7. The number of benzene rings is 3. The molecule has 1 radical (unpaired) electrons. The Balaban J connectivity index is 1.21. The van der Waals surface area contributed by atoms with Gasteiger partial charge in [-0.15, -0.1) is 0 Å². The van der Waals surface area contributed by atoms with Gasteiger partial charge in [-0.3, -0.25) is 4.74 Å². The molecule has 1 aliphatic heterocycles. The third kappa shape index (κ3) is 13.8. The standard InChI is InChI=1S/C50H73N2O6/c1-6-8-10-12-14-16-18-20-22-24-38-56-45-34-30-42(31-35-45)41-26-28-44(29-27-41)48(53)58-40-50(5)49(3,4)51(54)47(52(50)55)43-32-36-46(37-33-43)57-39-25-23-21-19-17-15-13-11-9-7-2/h26-37H,6-25,38-40H2,1-5H3/t50-/m0/s1. The average molecular weight is 798 g/mol. The summed E-state index contributed by atoms with van der Waals surface area (Å²) >= 11 is 0. The summed E-state index contributed by atoms with van der Waals surface area (Å²) in [4.78, 5) is 13.2. The first-order valence-electron chi connectivity index (χ1n) is 22.7. The quantitative estimate of drug-likeness (QED) is 0.0300. The number of amidine groups is 1. The molecule has 0 spiro atoms. The van der Waals surface area contributed by atoms with Crippen LogP contribution in [0.1, 0.15) is 179 Å². The Labute approximate surface area is 350 Å². The summed E-state index contributed by atoms with van der Waals surface area (Å²) in [5.41, 5.74) is 0.325. The minimum absolute atomic E-state index is 0.00985. The number of hydrogen-bond donors (Lipinski definition) is 0. The molecule has 8 heteroatoms. The summed E-state index contributed by atoms with van der Waals surface area (Å²) in [5.74, 6) is 0.997. The monoisotopic (exact) mass is 798 g/mol. The van der Waals surface area contributed by atoms with E-state index in [2.05, 4.69) is 13.8 Å². The van der Waals surface area contributed by atoms with E-state index in [1.165, 1.54) is 109 Å². The lowest BCUT2D eigenvalue weighted by Gasteiger charge is -2.35. The minimum atomic E-state index is -1.33. The van der Waals surface area contributed by atoms with Crippen LogP contribution in [-0.4, -0.2) is 52.5 Å². The first kappa shape index (κ1) is 46.6. The van der Waals surface area contributed by atoms with Gasteiger partial charge in [0.25, 0.3) is 0 Å². The van der Waals surface area contributed by atoms with Gasteiger partial charge in [-0.1, -0.05) is 159 Å². The van der Waals surface area contributed by atoms with Gasteiger partial charge in [0.15, 0.2) is 11.1 Å². The van der Waals surface area contributed by atoms with Crippen molar-refractivity contribution < 1.29 is 29.0 Å². The van der Waals surface area contributed by atoms with E-state index in [-0.39, 0.29) is 12.4 Å². The van der Waals surface area contributed by atoms with E-state index in [1.54, 1.807) is 57.2 Å². The van der Waals surface area contributed by atoms with Crippen LogP contribution in [0.3, 0.4) is 0 Å². The average Bonchev–Trinajstić information content (AvgIpc) is 3.37. The fraction of sp³-hybridized carbons (Fsp3) is 0.600. The van der Waals surface area contributed by atoms with Gasteiger partial charge in [0.2, 0.25) is 0 Å². The number of hydroxylamine groups is 3. The van der Waals surface area contributed by atoms with Gasteiger partial charge in [0, 0.05) is 5.21 Å². The molecule has 1 atom stereocenters. The van der Waals surface area contributed by atoms with Gasteiger partial charge >= 0.3 is 11.8 Å². The van der Waals surface area contributed by atoms with Gasteiger partial charge < -0.3 is 19.4 Å². The van der Waals surface area contributed by atoms with Gasteiger partial charge in [0.1, 0.15) is 18.1 Å². The second-order valence-corrected chi connectivity index (χ2v) is 17.0. The van der Waals surface area contributed by atoms with E-state index >= 15 is 0 Å². The fourth-order valence-corrected chi connectivity index (χ4v) is 7.61. The highest BCUT2D eigenvalue weighted by atomic mass is 16.6. The van der Waals surface area contributed by atoms with Crippen LogP contribution in [0.25, 0.3) is 11.1 Å². The maximum Gasteiger partial charge on any atom is 0.338 e. The highest BCUT2D eigenvalue weighted by molar-refractivity contribution is 5.96. The predicted molar refractivity (Wildman–Crippen MR) is 236 cm³/mol. The SMILES string of the molecule is CCCCCCCCCCCCOc1ccc(C2=[N+]([O-])[C@@](C)(COC(=O)c3ccc(-c4ccc(OCCCCCCCCCCCC)cc4)cc3)C(C)(C)N2[O])cc1. The van der Waals surface area contributed by atoms with Crippen LogP contribution in [0.4, 0.5) is 0 Å².